The van der Waals surface area contributed by atoms with E-state index in [0.29, 0.717) is 44.2 Å². The molecule has 0 atom stereocenters. The number of ether oxygens (including phenoxy) is 3. The van der Waals surface area contributed by atoms with E-state index in [1.807, 2.05) is 13.8 Å². The molecule has 0 fully saturated rings. The lowest BCUT2D eigenvalue weighted by molar-refractivity contribution is -0.383. The number of esters is 1. The third kappa shape index (κ3) is 7.13. The average molecular weight is 447 g/mol. The van der Waals surface area contributed by atoms with Crippen LogP contribution in [0.15, 0.2) is 30.6 Å². The number of anilines is 3. The minimum Gasteiger partial charge on any atom is -0.462 e. The minimum atomic E-state index is -0.526. The molecule has 0 aliphatic carbocycles. The highest BCUT2D eigenvalue weighted by atomic mass is 16.6. The van der Waals surface area contributed by atoms with E-state index in [1.165, 1.54) is 6.33 Å². The highest BCUT2D eigenvalue weighted by molar-refractivity contribution is 5.90. The molecule has 0 aliphatic rings. The van der Waals surface area contributed by atoms with Crippen molar-refractivity contribution in [1.82, 2.24) is 9.97 Å². The largest absolute Gasteiger partial charge is 0.462 e. The van der Waals surface area contributed by atoms with Gasteiger partial charge in [0.05, 0.1) is 30.3 Å². The van der Waals surface area contributed by atoms with Crippen molar-refractivity contribution < 1.29 is 23.9 Å². The number of carbonyl (C=O) groups is 1. The van der Waals surface area contributed by atoms with E-state index in [-0.39, 0.29) is 23.2 Å². The first-order chi connectivity index (χ1) is 15.4. The SMILES string of the molecule is COCCN(CCOC)c1ncnc(Nc2ccc(C(=O)OCC(C)C)cc2)c1[N+](=O)[O-]. The number of nitro groups is 1. The summed E-state index contributed by atoms with van der Waals surface area (Å²) >= 11 is 0. The number of rotatable bonds is 13. The van der Waals surface area contributed by atoms with E-state index in [9.17, 15) is 14.9 Å². The summed E-state index contributed by atoms with van der Waals surface area (Å²) in [6, 6.07) is 6.43. The van der Waals surface area contributed by atoms with Crippen LogP contribution in [-0.2, 0) is 14.2 Å². The van der Waals surface area contributed by atoms with Gasteiger partial charge in [0.2, 0.25) is 11.6 Å². The van der Waals surface area contributed by atoms with Gasteiger partial charge in [-0.05, 0) is 30.2 Å². The molecule has 0 radical (unpaired) electrons. The maximum absolute atomic E-state index is 12.1. The Kier molecular flexibility index (Phi) is 9.76. The van der Waals surface area contributed by atoms with Gasteiger partial charge < -0.3 is 24.4 Å². The van der Waals surface area contributed by atoms with Gasteiger partial charge in [-0.2, -0.15) is 0 Å². The van der Waals surface area contributed by atoms with Crippen molar-refractivity contribution in [3.8, 4) is 0 Å². The van der Waals surface area contributed by atoms with Crippen molar-refractivity contribution in [3.05, 3.63) is 46.3 Å². The van der Waals surface area contributed by atoms with Gasteiger partial charge in [-0.25, -0.2) is 14.8 Å². The van der Waals surface area contributed by atoms with Gasteiger partial charge in [0.25, 0.3) is 0 Å². The van der Waals surface area contributed by atoms with Crippen LogP contribution in [0.25, 0.3) is 0 Å². The predicted octanol–water partition coefficient (Wildman–Crippen LogP) is 3.04. The number of benzene rings is 1. The summed E-state index contributed by atoms with van der Waals surface area (Å²) in [6.45, 7) is 5.75. The molecule has 0 spiro atoms. The molecule has 32 heavy (non-hydrogen) atoms. The van der Waals surface area contributed by atoms with Crippen molar-refractivity contribution in [2.45, 2.75) is 13.8 Å². The molecule has 0 bridgehead atoms. The molecule has 0 unspecified atom stereocenters. The summed E-state index contributed by atoms with van der Waals surface area (Å²) in [6.07, 6.45) is 1.26. The molecule has 0 saturated carbocycles. The summed E-state index contributed by atoms with van der Waals surface area (Å²) in [5, 5.41) is 14.8. The summed E-state index contributed by atoms with van der Waals surface area (Å²) in [5.41, 5.74) is 0.651. The van der Waals surface area contributed by atoms with Crippen molar-refractivity contribution in [1.29, 1.82) is 0 Å². The van der Waals surface area contributed by atoms with E-state index in [1.54, 1.807) is 43.4 Å². The van der Waals surface area contributed by atoms with E-state index >= 15 is 0 Å². The van der Waals surface area contributed by atoms with Crippen LogP contribution in [-0.4, -0.2) is 68.0 Å². The standard InChI is InChI=1S/C21H29N5O6/c1-15(2)13-32-21(27)16-5-7-17(8-6-16)24-19-18(26(28)29)20(23-14-22-19)25(9-11-30-3)10-12-31-4/h5-8,14-15H,9-13H2,1-4H3,(H,22,23,24). The van der Waals surface area contributed by atoms with E-state index < -0.39 is 10.9 Å². The number of methoxy groups -OCH3 is 2. The average Bonchev–Trinajstić information content (AvgIpc) is 2.77. The molecule has 174 valence electrons. The van der Waals surface area contributed by atoms with Gasteiger partial charge in [-0.15, -0.1) is 0 Å². The van der Waals surface area contributed by atoms with Gasteiger partial charge >= 0.3 is 11.7 Å². The summed E-state index contributed by atoms with van der Waals surface area (Å²) in [7, 11) is 3.11. The van der Waals surface area contributed by atoms with Crippen LogP contribution in [0.4, 0.5) is 23.0 Å². The fourth-order valence-electron chi connectivity index (χ4n) is 2.74. The quantitative estimate of drug-likeness (QED) is 0.278. The fourth-order valence-corrected chi connectivity index (χ4v) is 2.74. The normalized spacial score (nSPS) is 10.8. The monoisotopic (exact) mass is 447 g/mol. The molecular formula is C21H29N5O6. The Morgan fingerprint density at radius 2 is 1.75 bits per heavy atom. The molecule has 2 rings (SSSR count). The van der Waals surface area contributed by atoms with Crippen molar-refractivity contribution in [2.24, 2.45) is 5.92 Å². The Morgan fingerprint density at radius 1 is 1.12 bits per heavy atom. The predicted molar refractivity (Wildman–Crippen MR) is 119 cm³/mol. The number of aromatic nitrogens is 2. The van der Waals surface area contributed by atoms with Gasteiger partial charge in [-0.3, -0.25) is 10.1 Å². The zero-order chi connectivity index (χ0) is 23.5. The molecule has 11 heteroatoms. The number of nitrogens with zero attached hydrogens (tertiary/aromatic N) is 4. The smallest absolute Gasteiger partial charge is 0.353 e. The third-order valence-electron chi connectivity index (χ3n) is 4.35. The first-order valence-electron chi connectivity index (χ1n) is 10.1. The lowest BCUT2D eigenvalue weighted by Crippen LogP contribution is -2.32. The lowest BCUT2D eigenvalue weighted by Gasteiger charge is -2.23. The van der Waals surface area contributed by atoms with Crippen LogP contribution in [0.5, 0.6) is 0 Å². The molecule has 0 saturated heterocycles. The summed E-state index contributed by atoms with van der Waals surface area (Å²) in [4.78, 5) is 33.4. The number of nitrogens with one attached hydrogen (secondary N) is 1. The highest BCUT2D eigenvalue weighted by Gasteiger charge is 2.27. The topological polar surface area (TPSA) is 129 Å². The van der Waals surface area contributed by atoms with Crippen molar-refractivity contribution in [3.63, 3.8) is 0 Å². The molecule has 1 aromatic heterocycles. The Morgan fingerprint density at radius 3 is 2.28 bits per heavy atom. The van der Waals surface area contributed by atoms with Crippen molar-refractivity contribution in [2.75, 3.05) is 57.3 Å². The number of carbonyl (C=O) groups excluding carboxylic acids is 1. The second-order valence-electron chi connectivity index (χ2n) is 7.32. The first-order valence-corrected chi connectivity index (χ1v) is 10.1. The van der Waals surface area contributed by atoms with Crippen LogP contribution < -0.4 is 10.2 Å². The highest BCUT2D eigenvalue weighted by Crippen LogP contribution is 2.33. The Balaban J connectivity index is 2.27. The molecular weight excluding hydrogens is 418 g/mol. The van der Waals surface area contributed by atoms with Gasteiger partial charge in [-0.1, -0.05) is 13.8 Å². The Hall–Kier alpha value is -3.31. The maximum atomic E-state index is 12.1. The molecule has 1 aromatic carbocycles. The molecule has 2 aromatic rings. The van der Waals surface area contributed by atoms with E-state index in [2.05, 4.69) is 15.3 Å². The summed E-state index contributed by atoms with van der Waals surface area (Å²) < 4.78 is 15.4. The second kappa shape index (κ2) is 12.5. The second-order valence-corrected chi connectivity index (χ2v) is 7.32. The summed E-state index contributed by atoms with van der Waals surface area (Å²) in [5.74, 6) is 0.0117. The number of hydrogen-bond acceptors (Lipinski definition) is 10. The number of hydrogen-bond donors (Lipinski definition) is 1. The van der Waals surface area contributed by atoms with Crippen LogP contribution in [0.1, 0.15) is 24.2 Å². The Bertz CT molecular complexity index is 883. The third-order valence-corrected chi connectivity index (χ3v) is 4.35. The Labute approximate surface area is 186 Å². The van der Waals surface area contributed by atoms with Crippen molar-refractivity contribution >= 4 is 29.0 Å². The van der Waals surface area contributed by atoms with E-state index in [4.69, 9.17) is 14.2 Å². The molecule has 0 amide bonds. The van der Waals surface area contributed by atoms with Gasteiger partial charge in [0, 0.05) is 33.0 Å². The zero-order valence-corrected chi connectivity index (χ0v) is 18.7. The zero-order valence-electron chi connectivity index (χ0n) is 18.7. The maximum Gasteiger partial charge on any atom is 0.353 e. The van der Waals surface area contributed by atoms with Gasteiger partial charge in [0.15, 0.2) is 0 Å². The lowest BCUT2D eigenvalue weighted by atomic mass is 10.2. The van der Waals surface area contributed by atoms with Crippen LogP contribution in [0.3, 0.4) is 0 Å². The van der Waals surface area contributed by atoms with Crippen LogP contribution in [0, 0.1) is 16.0 Å². The first kappa shape index (κ1) is 25.0. The minimum absolute atomic E-state index is 0.0370. The van der Waals surface area contributed by atoms with Gasteiger partial charge in [0.1, 0.15) is 6.33 Å². The molecule has 0 aliphatic heterocycles. The molecule has 11 nitrogen and oxygen atoms in total. The molecule has 1 N–H and O–H groups in total. The fraction of sp³-hybridized carbons (Fsp3) is 0.476. The van der Waals surface area contributed by atoms with Crippen LogP contribution >= 0.6 is 0 Å². The molecule has 1 heterocycles. The van der Waals surface area contributed by atoms with Crippen LogP contribution in [0.2, 0.25) is 0 Å². The van der Waals surface area contributed by atoms with E-state index in [0.717, 1.165) is 0 Å².